The van der Waals surface area contributed by atoms with Gasteiger partial charge in [-0.3, -0.25) is 4.90 Å². The zero-order chi connectivity index (χ0) is 12.2. The Morgan fingerprint density at radius 2 is 1.44 bits per heavy atom. The van der Waals surface area contributed by atoms with E-state index in [0.29, 0.717) is 0 Å². The topological polar surface area (TPSA) is 15.7 Å². The normalized spacial score (nSPS) is 34.7. The van der Waals surface area contributed by atoms with Gasteiger partial charge in [-0.15, -0.1) is 0 Å². The van der Waals surface area contributed by atoms with Crippen LogP contribution in [0.2, 0.25) is 0 Å². The first-order valence-electron chi connectivity index (χ1n) is 7.94. The Morgan fingerprint density at radius 1 is 0.833 bits per heavy atom. The molecule has 1 aliphatic carbocycles. The summed E-state index contributed by atoms with van der Waals surface area (Å²) in [5, 5.41) is 0. The van der Waals surface area contributed by atoms with Gasteiger partial charge in [-0.25, -0.2) is 0 Å². The maximum Gasteiger partial charge on any atom is 0.0594 e. The summed E-state index contributed by atoms with van der Waals surface area (Å²) in [5.74, 6) is 2.09. The summed E-state index contributed by atoms with van der Waals surface area (Å²) in [4.78, 5) is 5.30. The minimum Gasteiger partial charge on any atom is -0.379 e. The Kier molecular flexibility index (Phi) is 4.55. The molecular weight excluding hydrogens is 224 g/mol. The summed E-state index contributed by atoms with van der Waals surface area (Å²) in [6.45, 7) is 9.55. The molecule has 3 fully saturated rings. The molecule has 0 aromatic carbocycles. The number of rotatable bonds is 4. The first-order chi connectivity index (χ1) is 8.92. The maximum atomic E-state index is 5.39. The van der Waals surface area contributed by atoms with E-state index in [1.165, 1.54) is 58.3 Å². The fraction of sp³-hybridized carbons (Fsp3) is 1.00. The van der Waals surface area contributed by atoms with Crippen molar-refractivity contribution in [1.82, 2.24) is 9.80 Å². The van der Waals surface area contributed by atoms with Gasteiger partial charge in [0.15, 0.2) is 0 Å². The van der Waals surface area contributed by atoms with Crippen molar-refractivity contribution in [2.75, 3.05) is 52.5 Å². The van der Waals surface area contributed by atoms with Gasteiger partial charge in [-0.2, -0.15) is 0 Å². The number of fused-ring (bicyclic) bond motifs is 1. The molecule has 3 heteroatoms. The minimum absolute atomic E-state index is 0.938. The van der Waals surface area contributed by atoms with Gasteiger partial charge in [-0.05, 0) is 44.2 Å². The predicted molar refractivity (Wildman–Crippen MR) is 73.8 cm³/mol. The average Bonchev–Trinajstić information content (AvgIpc) is 2.82. The number of nitrogens with zero attached hydrogens (tertiary/aromatic N) is 2. The van der Waals surface area contributed by atoms with Gasteiger partial charge < -0.3 is 9.64 Å². The molecule has 0 N–H and O–H groups in total. The molecule has 0 unspecified atom stereocenters. The third-order valence-corrected chi connectivity index (χ3v) is 5.10. The van der Waals surface area contributed by atoms with Crippen LogP contribution in [0.1, 0.15) is 32.1 Å². The molecule has 18 heavy (non-hydrogen) atoms. The smallest absolute Gasteiger partial charge is 0.0594 e. The van der Waals surface area contributed by atoms with Crippen LogP contribution in [-0.2, 0) is 4.74 Å². The van der Waals surface area contributed by atoms with Crippen molar-refractivity contribution in [3.63, 3.8) is 0 Å². The summed E-state index contributed by atoms with van der Waals surface area (Å²) in [6, 6.07) is 0. The molecule has 2 heterocycles. The molecule has 0 amide bonds. The summed E-state index contributed by atoms with van der Waals surface area (Å²) in [5.41, 5.74) is 0. The van der Waals surface area contributed by atoms with Gasteiger partial charge in [-0.1, -0.05) is 12.8 Å². The van der Waals surface area contributed by atoms with Crippen LogP contribution in [0.5, 0.6) is 0 Å². The van der Waals surface area contributed by atoms with Crippen LogP contribution in [-0.4, -0.2) is 62.3 Å². The lowest BCUT2D eigenvalue weighted by molar-refractivity contribution is 0.0363. The molecule has 0 spiro atoms. The zero-order valence-corrected chi connectivity index (χ0v) is 11.6. The fourth-order valence-corrected chi connectivity index (χ4v) is 4.03. The highest BCUT2D eigenvalue weighted by atomic mass is 16.5. The van der Waals surface area contributed by atoms with Gasteiger partial charge in [0, 0.05) is 26.2 Å². The van der Waals surface area contributed by atoms with E-state index >= 15 is 0 Å². The van der Waals surface area contributed by atoms with Crippen molar-refractivity contribution in [2.24, 2.45) is 11.8 Å². The van der Waals surface area contributed by atoms with E-state index in [2.05, 4.69) is 9.80 Å². The molecule has 3 aliphatic rings. The molecule has 0 aromatic heterocycles. The molecule has 2 aliphatic heterocycles. The highest BCUT2D eigenvalue weighted by Crippen LogP contribution is 2.35. The molecule has 0 radical (unpaired) electrons. The number of hydrogen-bond donors (Lipinski definition) is 0. The first-order valence-corrected chi connectivity index (χ1v) is 7.94. The molecule has 0 aromatic rings. The second kappa shape index (κ2) is 6.36. The number of likely N-dealkylation sites (tertiary alicyclic amines) is 1. The largest absolute Gasteiger partial charge is 0.379 e. The van der Waals surface area contributed by atoms with Crippen molar-refractivity contribution < 1.29 is 4.74 Å². The molecule has 3 rings (SSSR count). The molecule has 2 atom stereocenters. The van der Waals surface area contributed by atoms with Crippen LogP contribution in [0, 0.1) is 11.8 Å². The van der Waals surface area contributed by atoms with Crippen molar-refractivity contribution >= 4 is 0 Å². The first kappa shape index (κ1) is 12.9. The third-order valence-electron chi connectivity index (χ3n) is 5.10. The van der Waals surface area contributed by atoms with Crippen molar-refractivity contribution in [3.8, 4) is 0 Å². The SMILES string of the molecule is C1CC[C@H]2CN(CCCN3CCOCC3)C[C@@H]2C1. The lowest BCUT2D eigenvalue weighted by Crippen LogP contribution is -2.38. The Labute approximate surface area is 111 Å². The Balaban J connectivity index is 1.34. The lowest BCUT2D eigenvalue weighted by atomic mass is 9.82. The summed E-state index contributed by atoms with van der Waals surface area (Å²) in [7, 11) is 0. The minimum atomic E-state index is 0.938. The molecular formula is C15H28N2O. The number of ether oxygens (including phenoxy) is 1. The second-order valence-electron chi connectivity index (χ2n) is 6.37. The van der Waals surface area contributed by atoms with Gasteiger partial charge >= 0.3 is 0 Å². The van der Waals surface area contributed by atoms with Gasteiger partial charge in [0.25, 0.3) is 0 Å². The van der Waals surface area contributed by atoms with E-state index in [-0.39, 0.29) is 0 Å². The van der Waals surface area contributed by atoms with Crippen LogP contribution >= 0.6 is 0 Å². The molecule has 3 nitrogen and oxygen atoms in total. The van der Waals surface area contributed by atoms with E-state index < -0.39 is 0 Å². The summed E-state index contributed by atoms with van der Waals surface area (Å²) >= 11 is 0. The highest BCUT2D eigenvalue weighted by molar-refractivity contribution is 4.86. The van der Waals surface area contributed by atoms with Crippen LogP contribution in [0.4, 0.5) is 0 Å². The summed E-state index contributed by atoms with van der Waals surface area (Å²) in [6.07, 6.45) is 7.33. The zero-order valence-electron chi connectivity index (χ0n) is 11.6. The van der Waals surface area contributed by atoms with Crippen molar-refractivity contribution in [3.05, 3.63) is 0 Å². The van der Waals surface area contributed by atoms with E-state index in [4.69, 9.17) is 4.74 Å². The third kappa shape index (κ3) is 3.25. The number of hydrogen-bond acceptors (Lipinski definition) is 3. The van der Waals surface area contributed by atoms with Gasteiger partial charge in [0.2, 0.25) is 0 Å². The molecule has 2 saturated heterocycles. The van der Waals surface area contributed by atoms with Crippen molar-refractivity contribution in [2.45, 2.75) is 32.1 Å². The van der Waals surface area contributed by atoms with Crippen LogP contribution in [0.3, 0.4) is 0 Å². The quantitative estimate of drug-likeness (QED) is 0.759. The highest BCUT2D eigenvalue weighted by Gasteiger charge is 2.33. The fourth-order valence-electron chi connectivity index (χ4n) is 4.03. The predicted octanol–water partition coefficient (Wildman–Crippen LogP) is 1.83. The molecule has 0 bridgehead atoms. The van der Waals surface area contributed by atoms with Crippen LogP contribution in [0.25, 0.3) is 0 Å². The van der Waals surface area contributed by atoms with Crippen LogP contribution < -0.4 is 0 Å². The van der Waals surface area contributed by atoms with Gasteiger partial charge in [0.05, 0.1) is 13.2 Å². The Bertz CT molecular complexity index is 239. The lowest BCUT2D eigenvalue weighted by Gasteiger charge is -2.27. The monoisotopic (exact) mass is 252 g/mol. The van der Waals surface area contributed by atoms with E-state index in [9.17, 15) is 0 Å². The van der Waals surface area contributed by atoms with E-state index in [0.717, 1.165) is 38.1 Å². The number of morpholine rings is 1. The van der Waals surface area contributed by atoms with E-state index in [1.54, 1.807) is 0 Å². The Hall–Kier alpha value is -0.120. The Morgan fingerprint density at radius 3 is 2.11 bits per heavy atom. The van der Waals surface area contributed by atoms with Crippen molar-refractivity contribution in [1.29, 1.82) is 0 Å². The molecule has 104 valence electrons. The average molecular weight is 252 g/mol. The molecule has 1 saturated carbocycles. The second-order valence-corrected chi connectivity index (χ2v) is 6.37. The standard InChI is InChI=1S/C15H28N2O/c1-2-5-15-13-17(12-14(15)4-1)7-3-6-16-8-10-18-11-9-16/h14-15H,1-13H2/t14-,15-/m0/s1. The summed E-state index contributed by atoms with van der Waals surface area (Å²) < 4.78 is 5.39. The van der Waals surface area contributed by atoms with E-state index in [1.807, 2.05) is 0 Å². The van der Waals surface area contributed by atoms with Crippen LogP contribution in [0.15, 0.2) is 0 Å². The maximum absolute atomic E-state index is 5.39. The van der Waals surface area contributed by atoms with Gasteiger partial charge in [0.1, 0.15) is 0 Å².